The molecule has 2 unspecified atom stereocenters. The number of nitrogens with zero attached hydrogens (tertiary/aromatic N) is 3. The van der Waals surface area contributed by atoms with Crippen molar-refractivity contribution in [2.24, 2.45) is 10.2 Å². The highest BCUT2D eigenvalue weighted by molar-refractivity contribution is 5.68. The highest BCUT2D eigenvalue weighted by Crippen LogP contribution is 2.29. The molecule has 0 fully saturated rings. The van der Waals surface area contributed by atoms with E-state index >= 15 is 0 Å². The molecule has 162 valence electrons. The lowest BCUT2D eigenvalue weighted by Gasteiger charge is -2.37. The SMILES string of the molecule is C=CCC(OC(C)=O)N(c1cccc(N=Nc2ccccc2)c1)C(CC=C)OC(C)=O. The van der Waals surface area contributed by atoms with Crippen LogP contribution in [0.25, 0.3) is 0 Å². The number of azo groups is 1. The predicted molar refractivity (Wildman–Crippen MR) is 120 cm³/mol. The minimum atomic E-state index is -0.736. The zero-order valence-corrected chi connectivity index (χ0v) is 17.8. The summed E-state index contributed by atoms with van der Waals surface area (Å²) in [6, 6.07) is 16.6. The van der Waals surface area contributed by atoms with Crippen LogP contribution in [0.2, 0.25) is 0 Å². The average molecular weight is 421 g/mol. The van der Waals surface area contributed by atoms with Crippen molar-refractivity contribution in [2.75, 3.05) is 4.90 Å². The van der Waals surface area contributed by atoms with Crippen LogP contribution >= 0.6 is 0 Å². The van der Waals surface area contributed by atoms with E-state index in [9.17, 15) is 9.59 Å². The minimum absolute atomic E-state index is 0.324. The molecule has 0 spiro atoms. The first-order valence-corrected chi connectivity index (χ1v) is 9.86. The molecular weight excluding hydrogens is 394 g/mol. The van der Waals surface area contributed by atoms with Crippen LogP contribution in [0, 0.1) is 0 Å². The largest absolute Gasteiger partial charge is 0.441 e. The van der Waals surface area contributed by atoms with E-state index in [1.165, 1.54) is 13.8 Å². The molecule has 7 heteroatoms. The summed E-state index contributed by atoms with van der Waals surface area (Å²) in [5, 5.41) is 8.53. The second-order valence-corrected chi connectivity index (χ2v) is 6.64. The summed E-state index contributed by atoms with van der Waals surface area (Å²) < 4.78 is 11.0. The van der Waals surface area contributed by atoms with Crippen LogP contribution < -0.4 is 4.90 Å². The lowest BCUT2D eigenvalue weighted by molar-refractivity contribution is -0.151. The molecular formula is C24H27N3O4. The Morgan fingerprint density at radius 1 is 0.871 bits per heavy atom. The van der Waals surface area contributed by atoms with E-state index in [1.807, 2.05) is 36.4 Å². The first kappa shape index (κ1) is 23.5. The number of ether oxygens (including phenoxy) is 2. The van der Waals surface area contributed by atoms with E-state index in [0.29, 0.717) is 24.2 Å². The predicted octanol–water partition coefficient (Wildman–Crippen LogP) is 5.84. The lowest BCUT2D eigenvalue weighted by atomic mass is 10.2. The molecule has 0 bridgehead atoms. The van der Waals surface area contributed by atoms with Crippen LogP contribution in [-0.2, 0) is 19.1 Å². The van der Waals surface area contributed by atoms with Crippen LogP contribution in [0.3, 0.4) is 0 Å². The van der Waals surface area contributed by atoms with Gasteiger partial charge in [0.05, 0.1) is 11.4 Å². The number of hydrogen-bond acceptors (Lipinski definition) is 7. The molecule has 0 amide bonds. The molecule has 0 saturated heterocycles. The zero-order valence-electron chi connectivity index (χ0n) is 17.8. The smallest absolute Gasteiger partial charge is 0.304 e. The molecule has 2 aromatic carbocycles. The third-order valence-electron chi connectivity index (χ3n) is 4.13. The minimum Gasteiger partial charge on any atom is -0.441 e. The number of anilines is 1. The summed E-state index contributed by atoms with van der Waals surface area (Å²) in [5.74, 6) is -0.922. The molecule has 0 aliphatic heterocycles. The molecule has 2 aromatic rings. The van der Waals surface area contributed by atoms with Gasteiger partial charge in [0.25, 0.3) is 0 Å². The zero-order chi connectivity index (χ0) is 22.6. The molecule has 7 nitrogen and oxygen atoms in total. The summed E-state index contributed by atoms with van der Waals surface area (Å²) in [7, 11) is 0. The van der Waals surface area contributed by atoms with Crippen molar-refractivity contribution in [1.82, 2.24) is 0 Å². The van der Waals surface area contributed by atoms with Gasteiger partial charge in [-0.05, 0) is 30.3 Å². The Labute approximate surface area is 182 Å². The molecule has 0 aromatic heterocycles. The molecule has 2 atom stereocenters. The van der Waals surface area contributed by atoms with Gasteiger partial charge in [-0.25, -0.2) is 0 Å². The third-order valence-corrected chi connectivity index (χ3v) is 4.13. The quantitative estimate of drug-likeness (QED) is 0.197. The Kier molecular flexibility index (Phi) is 9.16. The van der Waals surface area contributed by atoms with Crippen molar-refractivity contribution in [3.63, 3.8) is 0 Å². The third kappa shape index (κ3) is 7.54. The van der Waals surface area contributed by atoms with Crippen molar-refractivity contribution in [3.05, 3.63) is 79.9 Å². The number of hydrogen-bond donors (Lipinski definition) is 0. The number of esters is 2. The number of carbonyl (C=O) groups is 2. The molecule has 0 aliphatic rings. The lowest BCUT2D eigenvalue weighted by Crippen LogP contribution is -2.47. The van der Waals surface area contributed by atoms with Crippen LogP contribution in [0.1, 0.15) is 26.7 Å². The number of carbonyl (C=O) groups excluding carboxylic acids is 2. The van der Waals surface area contributed by atoms with Gasteiger partial charge in [0.2, 0.25) is 0 Å². The first-order chi connectivity index (χ1) is 14.9. The van der Waals surface area contributed by atoms with Gasteiger partial charge in [-0.3, -0.25) is 14.5 Å². The fourth-order valence-electron chi connectivity index (χ4n) is 2.95. The number of rotatable bonds is 11. The monoisotopic (exact) mass is 421 g/mol. The molecule has 2 rings (SSSR count). The Morgan fingerprint density at radius 2 is 1.39 bits per heavy atom. The molecule has 0 N–H and O–H groups in total. The molecule has 0 saturated carbocycles. The average Bonchev–Trinajstić information content (AvgIpc) is 2.73. The summed E-state index contributed by atoms with van der Waals surface area (Å²) >= 11 is 0. The van der Waals surface area contributed by atoms with Crippen LogP contribution in [-0.4, -0.2) is 24.4 Å². The number of benzene rings is 2. The van der Waals surface area contributed by atoms with Gasteiger partial charge in [0.15, 0.2) is 12.5 Å². The first-order valence-electron chi connectivity index (χ1n) is 9.86. The van der Waals surface area contributed by atoms with Crippen LogP contribution in [0.4, 0.5) is 17.1 Å². The van der Waals surface area contributed by atoms with E-state index in [4.69, 9.17) is 9.47 Å². The molecule has 0 radical (unpaired) electrons. The van der Waals surface area contributed by atoms with E-state index in [2.05, 4.69) is 23.4 Å². The normalized spacial score (nSPS) is 12.6. The highest BCUT2D eigenvalue weighted by Gasteiger charge is 2.30. The van der Waals surface area contributed by atoms with Crippen molar-refractivity contribution in [3.8, 4) is 0 Å². The topological polar surface area (TPSA) is 80.6 Å². The van der Waals surface area contributed by atoms with Gasteiger partial charge in [-0.1, -0.05) is 36.4 Å². The van der Waals surface area contributed by atoms with Gasteiger partial charge < -0.3 is 9.47 Å². The van der Waals surface area contributed by atoms with Crippen molar-refractivity contribution in [1.29, 1.82) is 0 Å². The Hall–Kier alpha value is -3.74. The highest BCUT2D eigenvalue weighted by atomic mass is 16.6. The maximum absolute atomic E-state index is 11.7. The van der Waals surface area contributed by atoms with Gasteiger partial charge in [-0.2, -0.15) is 10.2 Å². The maximum atomic E-state index is 11.7. The van der Waals surface area contributed by atoms with Gasteiger partial charge in [-0.15, -0.1) is 13.2 Å². The van der Waals surface area contributed by atoms with Gasteiger partial charge in [0, 0.05) is 32.4 Å². The van der Waals surface area contributed by atoms with E-state index in [-0.39, 0.29) is 0 Å². The second kappa shape index (κ2) is 12.1. The van der Waals surface area contributed by atoms with E-state index in [0.717, 1.165) is 5.69 Å². The fourth-order valence-corrected chi connectivity index (χ4v) is 2.95. The molecule has 0 aliphatic carbocycles. The van der Waals surface area contributed by atoms with E-state index in [1.54, 1.807) is 35.3 Å². The Bertz CT molecular complexity index is 897. The van der Waals surface area contributed by atoms with Gasteiger partial charge >= 0.3 is 11.9 Å². The van der Waals surface area contributed by atoms with E-state index < -0.39 is 24.4 Å². The summed E-state index contributed by atoms with van der Waals surface area (Å²) in [5.41, 5.74) is 1.95. The summed E-state index contributed by atoms with van der Waals surface area (Å²) in [6.45, 7) is 10.2. The Morgan fingerprint density at radius 3 is 1.90 bits per heavy atom. The van der Waals surface area contributed by atoms with Crippen molar-refractivity contribution >= 4 is 29.0 Å². The fraction of sp³-hybridized carbons (Fsp3) is 0.250. The second-order valence-electron chi connectivity index (χ2n) is 6.64. The van der Waals surface area contributed by atoms with Crippen LogP contribution in [0.15, 0.2) is 90.1 Å². The standard InChI is InChI=1S/C24H27N3O4/c1-5-11-23(30-18(3)28)27(24(12-6-2)31-19(4)29)22-16-10-15-21(17-22)26-25-20-13-8-7-9-14-20/h5-10,13-17,23-24H,1-2,11-12H2,3-4H3. The molecule has 0 heterocycles. The van der Waals surface area contributed by atoms with Crippen molar-refractivity contribution in [2.45, 2.75) is 39.1 Å². The van der Waals surface area contributed by atoms with Crippen molar-refractivity contribution < 1.29 is 19.1 Å². The molecule has 31 heavy (non-hydrogen) atoms. The van der Waals surface area contributed by atoms with Gasteiger partial charge in [0.1, 0.15) is 0 Å². The maximum Gasteiger partial charge on any atom is 0.304 e. The summed E-state index contributed by atoms with van der Waals surface area (Å²) in [4.78, 5) is 25.2. The Balaban J connectivity index is 2.47. The van der Waals surface area contributed by atoms with Crippen LogP contribution in [0.5, 0.6) is 0 Å². The summed E-state index contributed by atoms with van der Waals surface area (Å²) in [6.07, 6.45) is 2.45.